The van der Waals surface area contributed by atoms with E-state index in [-0.39, 0.29) is 12.5 Å². The second-order valence-corrected chi connectivity index (χ2v) is 7.07. The van der Waals surface area contributed by atoms with E-state index in [1.54, 1.807) is 11.0 Å². The van der Waals surface area contributed by atoms with Crippen LogP contribution in [0.3, 0.4) is 0 Å². The third-order valence-electron chi connectivity index (χ3n) is 4.85. The Morgan fingerprint density at radius 3 is 2.58 bits per heavy atom. The smallest absolute Gasteiger partial charge is 0.339 e. The minimum absolute atomic E-state index is 0.113. The predicted molar refractivity (Wildman–Crippen MR) is 102 cm³/mol. The van der Waals surface area contributed by atoms with Gasteiger partial charge in [0.15, 0.2) is 6.61 Å². The van der Waals surface area contributed by atoms with Crippen LogP contribution >= 0.6 is 0 Å². The quantitative estimate of drug-likeness (QED) is 0.780. The lowest BCUT2D eigenvalue weighted by atomic mass is 9.99. The molecule has 0 radical (unpaired) electrons. The summed E-state index contributed by atoms with van der Waals surface area (Å²) < 4.78 is 5.33. The maximum atomic E-state index is 12.6. The van der Waals surface area contributed by atoms with Crippen molar-refractivity contribution in [2.24, 2.45) is 5.92 Å². The molecule has 1 unspecified atom stereocenters. The lowest BCUT2D eigenvalue weighted by molar-refractivity contribution is -0.136. The summed E-state index contributed by atoms with van der Waals surface area (Å²) in [5.41, 5.74) is 3.42. The summed E-state index contributed by atoms with van der Waals surface area (Å²) in [6, 6.07) is 15.3. The second kappa shape index (κ2) is 8.17. The summed E-state index contributed by atoms with van der Waals surface area (Å²) in [5.74, 6) is -0.0667. The van der Waals surface area contributed by atoms with E-state index in [0.29, 0.717) is 11.5 Å². The van der Waals surface area contributed by atoms with Crippen LogP contribution in [-0.4, -0.2) is 36.5 Å². The first-order chi connectivity index (χ1) is 12.5. The zero-order valence-corrected chi connectivity index (χ0v) is 15.4. The van der Waals surface area contributed by atoms with E-state index in [4.69, 9.17) is 4.74 Å². The number of aryl methyl sites for hydroxylation is 1. The predicted octanol–water partition coefficient (Wildman–Crippen LogP) is 4.08. The summed E-state index contributed by atoms with van der Waals surface area (Å²) in [6.45, 7) is 5.46. The van der Waals surface area contributed by atoms with Crippen molar-refractivity contribution in [2.75, 3.05) is 19.7 Å². The van der Waals surface area contributed by atoms with E-state index >= 15 is 0 Å². The molecule has 0 saturated carbocycles. The number of carbonyl (C=O) groups is 2. The normalized spacial score (nSPS) is 17.0. The van der Waals surface area contributed by atoms with Crippen LogP contribution in [0.2, 0.25) is 0 Å². The van der Waals surface area contributed by atoms with Crippen LogP contribution in [0.4, 0.5) is 0 Å². The third-order valence-corrected chi connectivity index (χ3v) is 4.85. The number of carbonyl (C=O) groups excluding carboxylic acids is 2. The first-order valence-electron chi connectivity index (χ1n) is 9.15. The molecule has 1 atom stereocenters. The molecule has 26 heavy (non-hydrogen) atoms. The lowest BCUT2D eigenvalue weighted by Crippen LogP contribution is -2.41. The Kier molecular flexibility index (Phi) is 5.71. The van der Waals surface area contributed by atoms with E-state index < -0.39 is 5.97 Å². The molecule has 2 aromatic rings. The Labute approximate surface area is 154 Å². The maximum absolute atomic E-state index is 12.6. The van der Waals surface area contributed by atoms with Gasteiger partial charge in [0, 0.05) is 13.1 Å². The number of piperidine rings is 1. The highest BCUT2D eigenvalue weighted by atomic mass is 16.5. The van der Waals surface area contributed by atoms with Gasteiger partial charge >= 0.3 is 5.97 Å². The van der Waals surface area contributed by atoms with Crippen molar-refractivity contribution in [1.29, 1.82) is 0 Å². The van der Waals surface area contributed by atoms with Crippen molar-refractivity contribution < 1.29 is 14.3 Å². The fraction of sp³-hybridized carbons (Fsp3) is 0.364. The highest BCUT2D eigenvalue weighted by Gasteiger charge is 2.22. The number of ether oxygens (including phenoxy) is 1. The molecule has 2 aromatic carbocycles. The zero-order chi connectivity index (χ0) is 18.5. The van der Waals surface area contributed by atoms with Crippen molar-refractivity contribution in [2.45, 2.75) is 26.7 Å². The van der Waals surface area contributed by atoms with E-state index in [9.17, 15) is 9.59 Å². The monoisotopic (exact) mass is 351 g/mol. The van der Waals surface area contributed by atoms with Gasteiger partial charge in [0.1, 0.15) is 0 Å². The second-order valence-electron chi connectivity index (χ2n) is 7.07. The first-order valence-corrected chi connectivity index (χ1v) is 9.15. The zero-order valence-electron chi connectivity index (χ0n) is 15.4. The Morgan fingerprint density at radius 2 is 1.85 bits per heavy atom. The van der Waals surface area contributed by atoms with Crippen molar-refractivity contribution in [3.8, 4) is 11.1 Å². The van der Waals surface area contributed by atoms with E-state index in [2.05, 4.69) is 6.92 Å². The Hall–Kier alpha value is -2.62. The number of rotatable bonds is 4. The van der Waals surface area contributed by atoms with Gasteiger partial charge < -0.3 is 9.64 Å². The molecule has 1 aliphatic rings. The molecule has 0 bridgehead atoms. The molecular formula is C22H25NO3. The number of benzene rings is 2. The molecule has 3 rings (SSSR count). The number of esters is 1. The summed E-state index contributed by atoms with van der Waals surface area (Å²) in [7, 11) is 0. The average molecular weight is 351 g/mol. The van der Waals surface area contributed by atoms with Crippen LogP contribution in [0.5, 0.6) is 0 Å². The molecule has 0 N–H and O–H groups in total. The standard InChI is InChI=1S/C22H25NO3/c1-16-9-11-18(12-10-16)19-7-3-4-8-20(19)22(25)26-15-21(24)23-13-5-6-17(2)14-23/h3-4,7-12,17H,5-6,13-15H2,1-2H3. The van der Waals surface area contributed by atoms with Gasteiger partial charge in [-0.15, -0.1) is 0 Å². The number of nitrogens with zero attached hydrogens (tertiary/aromatic N) is 1. The van der Waals surface area contributed by atoms with Gasteiger partial charge in [-0.25, -0.2) is 4.79 Å². The van der Waals surface area contributed by atoms with Crippen molar-refractivity contribution in [3.63, 3.8) is 0 Å². The molecule has 1 saturated heterocycles. The molecule has 1 amide bonds. The van der Waals surface area contributed by atoms with Gasteiger partial charge in [-0.1, -0.05) is 55.0 Å². The van der Waals surface area contributed by atoms with Gasteiger partial charge in [0.2, 0.25) is 0 Å². The molecule has 0 aliphatic carbocycles. The third kappa shape index (κ3) is 4.31. The van der Waals surface area contributed by atoms with Crippen molar-refractivity contribution >= 4 is 11.9 Å². The van der Waals surface area contributed by atoms with Crippen molar-refractivity contribution in [3.05, 3.63) is 59.7 Å². The van der Waals surface area contributed by atoms with Crippen LogP contribution < -0.4 is 0 Å². The molecule has 1 aliphatic heterocycles. The summed E-state index contributed by atoms with van der Waals surface area (Å²) in [4.78, 5) is 26.7. The van der Waals surface area contributed by atoms with E-state index in [0.717, 1.165) is 42.6 Å². The van der Waals surface area contributed by atoms with Gasteiger partial charge in [-0.3, -0.25) is 4.79 Å². The van der Waals surface area contributed by atoms with Gasteiger partial charge in [0.05, 0.1) is 5.56 Å². The molecule has 136 valence electrons. The number of hydrogen-bond donors (Lipinski definition) is 0. The van der Waals surface area contributed by atoms with Crippen LogP contribution in [-0.2, 0) is 9.53 Å². The Balaban J connectivity index is 1.68. The summed E-state index contributed by atoms with van der Waals surface area (Å²) in [5, 5.41) is 0. The molecule has 1 heterocycles. The Bertz CT molecular complexity index is 782. The molecular weight excluding hydrogens is 326 g/mol. The lowest BCUT2D eigenvalue weighted by Gasteiger charge is -2.30. The van der Waals surface area contributed by atoms with Gasteiger partial charge in [-0.2, -0.15) is 0 Å². The molecule has 1 fully saturated rings. The van der Waals surface area contributed by atoms with Crippen molar-refractivity contribution in [1.82, 2.24) is 4.90 Å². The maximum Gasteiger partial charge on any atom is 0.339 e. The summed E-state index contributed by atoms with van der Waals surface area (Å²) in [6.07, 6.45) is 2.16. The van der Waals surface area contributed by atoms with E-state index in [1.165, 1.54) is 0 Å². The Morgan fingerprint density at radius 1 is 1.12 bits per heavy atom. The average Bonchev–Trinajstić information content (AvgIpc) is 2.66. The minimum atomic E-state index is -0.459. The SMILES string of the molecule is Cc1ccc(-c2ccccc2C(=O)OCC(=O)N2CCCC(C)C2)cc1. The van der Waals surface area contributed by atoms with Crippen LogP contribution in [0.25, 0.3) is 11.1 Å². The number of likely N-dealkylation sites (tertiary alicyclic amines) is 1. The fourth-order valence-corrected chi connectivity index (χ4v) is 3.36. The molecule has 4 nitrogen and oxygen atoms in total. The number of amides is 1. The van der Waals surface area contributed by atoms with Crippen LogP contribution in [0, 0.1) is 12.8 Å². The fourth-order valence-electron chi connectivity index (χ4n) is 3.36. The highest BCUT2D eigenvalue weighted by Crippen LogP contribution is 2.25. The van der Waals surface area contributed by atoms with Gasteiger partial charge in [-0.05, 0) is 42.9 Å². The first kappa shape index (κ1) is 18.2. The van der Waals surface area contributed by atoms with Crippen LogP contribution in [0.1, 0.15) is 35.7 Å². The minimum Gasteiger partial charge on any atom is -0.452 e. The van der Waals surface area contributed by atoms with Crippen LogP contribution in [0.15, 0.2) is 48.5 Å². The van der Waals surface area contributed by atoms with Gasteiger partial charge in [0.25, 0.3) is 5.91 Å². The highest BCUT2D eigenvalue weighted by molar-refractivity contribution is 5.98. The summed E-state index contributed by atoms with van der Waals surface area (Å²) >= 11 is 0. The topological polar surface area (TPSA) is 46.6 Å². The largest absolute Gasteiger partial charge is 0.452 e. The van der Waals surface area contributed by atoms with E-state index in [1.807, 2.05) is 49.4 Å². The molecule has 0 aromatic heterocycles. The molecule has 0 spiro atoms. The number of hydrogen-bond acceptors (Lipinski definition) is 3. The molecule has 4 heteroatoms.